The number of pyridine rings is 2. The number of aliphatic hydroxyl groups excluding tert-OH is 1. The summed E-state index contributed by atoms with van der Waals surface area (Å²) in [6.07, 6.45) is 1.78. The molecule has 0 spiro atoms. The number of imidazole rings is 1. The molecule has 0 aromatic carbocycles. The van der Waals surface area contributed by atoms with Crippen molar-refractivity contribution in [2.24, 2.45) is 0 Å². The van der Waals surface area contributed by atoms with E-state index in [1.807, 2.05) is 0 Å². The minimum atomic E-state index is -4.54. The summed E-state index contributed by atoms with van der Waals surface area (Å²) in [6, 6.07) is 4.18. The lowest BCUT2D eigenvalue weighted by Gasteiger charge is -2.37. The summed E-state index contributed by atoms with van der Waals surface area (Å²) in [5, 5.41) is 24.5. The van der Waals surface area contributed by atoms with E-state index in [0.29, 0.717) is 29.6 Å². The fraction of sp³-hybridized carbons (Fsp3) is 0.391. The molecule has 2 unspecified atom stereocenters. The Morgan fingerprint density at radius 2 is 1.86 bits per heavy atom. The zero-order chi connectivity index (χ0) is 24.5. The van der Waals surface area contributed by atoms with Gasteiger partial charge in [-0.3, -0.25) is 18.9 Å². The molecule has 2 aliphatic heterocycles. The molecule has 2 atom stereocenters. The fourth-order valence-corrected chi connectivity index (χ4v) is 5.42. The van der Waals surface area contributed by atoms with Crippen LogP contribution in [-0.2, 0) is 6.54 Å². The zero-order valence-corrected chi connectivity index (χ0v) is 18.4. The minimum Gasteiger partial charge on any atom is -0.506 e. The number of aromatic hydroxyl groups is 1. The van der Waals surface area contributed by atoms with Gasteiger partial charge in [0.2, 0.25) is 0 Å². The van der Waals surface area contributed by atoms with E-state index in [1.165, 1.54) is 35.1 Å². The second-order valence-electron chi connectivity index (χ2n) is 9.19. The van der Waals surface area contributed by atoms with Crippen LogP contribution in [-0.4, -0.2) is 69.5 Å². The van der Waals surface area contributed by atoms with Crippen LogP contribution in [0.25, 0.3) is 27.9 Å². The largest absolute Gasteiger partial charge is 0.506 e. The van der Waals surface area contributed by atoms with E-state index in [1.54, 1.807) is 11.0 Å². The Bertz CT molecular complexity index is 1450. The second-order valence-corrected chi connectivity index (χ2v) is 9.19. The van der Waals surface area contributed by atoms with Crippen LogP contribution < -0.4 is 0 Å². The van der Waals surface area contributed by atoms with Gasteiger partial charge in [-0.15, -0.1) is 0 Å². The first-order valence-corrected chi connectivity index (χ1v) is 11.3. The van der Waals surface area contributed by atoms with Gasteiger partial charge in [0.1, 0.15) is 29.3 Å². The van der Waals surface area contributed by atoms with Crippen molar-refractivity contribution in [2.75, 3.05) is 0 Å². The lowest BCUT2D eigenvalue weighted by molar-refractivity contribution is -0.141. The third-order valence-corrected chi connectivity index (χ3v) is 6.86. The molecule has 0 radical (unpaired) electrons. The number of aliphatic hydroxyl groups is 1. The molecular weight excluding hydrogens is 465 g/mol. The predicted molar refractivity (Wildman–Crippen MR) is 118 cm³/mol. The molecule has 6 heterocycles. The smallest absolute Gasteiger partial charge is 0.408 e. The van der Waals surface area contributed by atoms with Gasteiger partial charge >= 0.3 is 6.18 Å². The van der Waals surface area contributed by atoms with Crippen LogP contribution in [0, 0.1) is 0 Å². The van der Waals surface area contributed by atoms with Gasteiger partial charge in [-0.2, -0.15) is 18.3 Å². The summed E-state index contributed by atoms with van der Waals surface area (Å²) >= 11 is 0. The molecule has 4 aromatic heterocycles. The summed E-state index contributed by atoms with van der Waals surface area (Å²) in [4.78, 5) is 23.6. The Kier molecular flexibility index (Phi) is 4.78. The van der Waals surface area contributed by atoms with Crippen LogP contribution in [0.2, 0.25) is 0 Å². The molecule has 2 bridgehead atoms. The Morgan fingerprint density at radius 3 is 2.57 bits per heavy atom. The molecule has 9 nitrogen and oxygen atoms in total. The van der Waals surface area contributed by atoms with Crippen LogP contribution in [0.1, 0.15) is 36.2 Å². The summed E-state index contributed by atoms with van der Waals surface area (Å²) in [5.74, 6) is -0.393. The lowest BCUT2D eigenvalue weighted by atomic mass is 9.99. The van der Waals surface area contributed by atoms with Gasteiger partial charge in [0.15, 0.2) is 0 Å². The molecule has 0 saturated carbocycles. The summed E-state index contributed by atoms with van der Waals surface area (Å²) in [5.41, 5.74) is 1.23. The highest BCUT2D eigenvalue weighted by Gasteiger charge is 2.43. The highest BCUT2D eigenvalue weighted by Crippen LogP contribution is 2.37. The molecule has 6 rings (SSSR count). The number of carbonyl (C=O) groups excluding carboxylic acids is 1. The van der Waals surface area contributed by atoms with E-state index < -0.39 is 18.8 Å². The third kappa shape index (κ3) is 3.68. The Balaban J connectivity index is 1.47. The van der Waals surface area contributed by atoms with Gasteiger partial charge < -0.3 is 15.1 Å². The molecule has 1 amide bonds. The number of nitrogens with zero attached hydrogens (tertiary/aromatic N) is 6. The van der Waals surface area contributed by atoms with Crippen molar-refractivity contribution < 1.29 is 28.2 Å². The number of hydrogen-bond acceptors (Lipinski definition) is 6. The predicted octanol–water partition coefficient (Wildman–Crippen LogP) is 3.14. The first-order chi connectivity index (χ1) is 16.7. The number of piperidine rings is 1. The van der Waals surface area contributed by atoms with Gasteiger partial charge in [0.05, 0.1) is 29.7 Å². The molecule has 2 aliphatic rings. The van der Waals surface area contributed by atoms with Crippen molar-refractivity contribution in [2.45, 2.75) is 56.6 Å². The second kappa shape index (κ2) is 7.67. The van der Waals surface area contributed by atoms with Crippen molar-refractivity contribution in [3.05, 3.63) is 42.5 Å². The first-order valence-electron chi connectivity index (χ1n) is 11.3. The third-order valence-electron chi connectivity index (χ3n) is 6.86. The normalized spacial score (nSPS) is 22.4. The van der Waals surface area contributed by atoms with Crippen LogP contribution >= 0.6 is 0 Å². The maximum absolute atomic E-state index is 13.4. The lowest BCUT2D eigenvalue weighted by Crippen LogP contribution is -2.48. The number of alkyl halides is 3. The first kappa shape index (κ1) is 21.8. The number of rotatable bonds is 3. The fourth-order valence-electron chi connectivity index (χ4n) is 5.42. The standard InChI is InChI=1S/C23H21F3N6O3/c24-23(25,26)11-31-18-7-17(22(35)32-12-1-2-13(32)6-15(34)5-12)27-8-16(18)21(29-31)19-9-28-20-4-3-14(33)10-30(19)20/h3-4,7-10,12-13,15,33-34H,1-2,5-6,11H2. The molecular formula is C23H21F3N6O3. The van der Waals surface area contributed by atoms with E-state index in [2.05, 4.69) is 15.1 Å². The van der Waals surface area contributed by atoms with Crippen LogP contribution in [0.15, 0.2) is 36.8 Å². The summed E-state index contributed by atoms with van der Waals surface area (Å²) in [6.45, 7) is -1.34. The molecule has 2 saturated heterocycles. The van der Waals surface area contributed by atoms with Gasteiger partial charge in [-0.05, 0) is 43.9 Å². The van der Waals surface area contributed by atoms with Crippen LogP contribution in [0.3, 0.4) is 0 Å². The quantitative estimate of drug-likeness (QED) is 0.461. The number of fused-ring (bicyclic) bond motifs is 4. The van der Waals surface area contributed by atoms with Crippen molar-refractivity contribution in [3.63, 3.8) is 0 Å². The highest BCUT2D eigenvalue weighted by atomic mass is 19.4. The van der Waals surface area contributed by atoms with Crippen molar-refractivity contribution in [3.8, 4) is 17.1 Å². The van der Waals surface area contributed by atoms with Crippen LogP contribution in [0.5, 0.6) is 5.75 Å². The number of halogens is 3. The monoisotopic (exact) mass is 486 g/mol. The van der Waals surface area contributed by atoms with Gasteiger partial charge in [0, 0.05) is 23.7 Å². The van der Waals surface area contributed by atoms with E-state index in [4.69, 9.17) is 0 Å². The zero-order valence-electron chi connectivity index (χ0n) is 18.4. The molecule has 0 aliphatic carbocycles. The summed E-state index contributed by atoms with van der Waals surface area (Å²) in [7, 11) is 0. The van der Waals surface area contributed by atoms with Crippen molar-refractivity contribution in [1.29, 1.82) is 0 Å². The van der Waals surface area contributed by atoms with E-state index in [0.717, 1.165) is 17.5 Å². The molecule has 2 fully saturated rings. The summed E-state index contributed by atoms with van der Waals surface area (Å²) < 4.78 is 42.5. The van der Waals surface area contributed by atoms with E-state index in [-0.39, 0.29) is 40.6 Å². The van der Waals surface area contributed by atoms with E-state index >= 15 is 0 Å². The number of aromatic nitrogens is 5. The SMILES string of the molecule is O=C(c1cc2c(cn1)c(-c1cnc3ccc(O)cn13)nn2CC(F)(F)F)N1C2CCC1CC(O)C2. The van der Waals surface area contributed by atoms with Crippen molar-refractivity contribution in [1.82, 2.24) is 29.0 Å². The van der Waals surface area contributed by atoms with Gasteiger partial charge in [-0.1, -0.05) is 0 Å². The number of hydrogen-bond donors (Lipinski definition) is 2. The molecule has 182 valence electrons. The maximum Gasteiger partial charge on any atom is 0.408 e. The van der Waals surface area contributed by atoms with Gasteiger partial charge in [-0.25, -0.2) is 4.98 Å². The van der Waals surface area contributed by atoms with Crippen LogP contribution in [0.4, 0.5) is 13.2 Å². The topological polar surface area (TPSA) is 109 Å². The molecule has 35 heavy (non-hydrogen) atoms. The molecule has 2 N–H and O–H groups in total. The minimum absolute atomic E-state index is 0.0384. The highest BCUT2D eigenvalue weighted by molar-refractivity contribution is 5.99. The Labute approximate surface area is 196 Å². The Morgan fingerprint density at radius 1 is 1.11 bits per heavy atom. The Hall–Kier alpha value is -3.67. The molecule has 4 aromatic rings. The number of amides is 1. The number of carbonyl (C=O) groups is 1. The van der Waals surface area contributed by atoms with E-state index in [9.17, 15) is 28.2 Å². The van der Waals surface area contributed by atoms with Gasteiger partial charge in [0.25, 0.3) is 5.91 Å². The molecule has 12 heteroatoms. The average molecular weight is 486 g/mol. The maximum atomic E-state index is 13.4. The average Bonchev–Trinajstić information content (AvgIpc) is 3.44. The van der Waals surface area contributed by atoms with Crippen molar-refractivity contribution >= 4 is 22.5 Å².